The number of aliphatic hydroxyl groups excluding tert-OH is 1. The van der Waals surface area contributed by atoms with Gasteiger partial charge in [-0.25, -0.2) is 0 Å². The molecule has 1 aromatic carbocycles. The first kappa shape index (κ1) is 19.6. The lowest BCUT2D eigenvalue weighted by molar-refractivity contribution is -0.106. The van der Waals surface area contributed by atoms with E-state index in [0.29, 0.717) is 19.2 Å². The van der Waals surface area contributed by atoms with Gasteiger partial charge in [0, 0.05) is 37.4 Å². The lowest BCUT2D eigenvalue weighted by Crippen LogP contribution is -2.65. The maximum absolute atomic E-state index is 10.0. The van der Waals surface area contributed by atoms with Gasteiger partial charge in [0.25, 0.3) is 0 Å². The molecule has 2 fully saturated rings. The Morgan fingerprint density at radius 2 is 2.08 bits per heavy atom. The van der Waals surface area contributed by atoms with Crippen molar-refractivity contribution in [2.24, 2.45) is 0 Å². The molecule has 0 aromatic heterocycles. The van der Waals surface area contributed by atoms with Crippen molar-refractivity contribution in [3.63, 3.8) is 0 Å². The first-order chi connectivity index (χ1) is 12.6. The van der Waals surface area contributed by atoms with E-state index in [-0.39, 0.29) is 18.2 Å². The van der Waals surface area contributed by atoms with E-state index in [1.165, 1.54) is 11.3 Å². The van der Waals surface area contributed by atoms with Gasteiger partial charge in [0.05, 0.1) is 38.6 Å². The Bertz CT molecular complexity index is 579. The van der Waals surface area contributed by atoms with Crippen LogP contribution in [0.3, 0.4) is 0 Å². The number of anilines is 1. The average molecular weight is 364 g/mol. The van der Waals surface area contributed by atoms with Crippen LogP contribution < -0.4 is 10.2 Å². The van der Waals surface area contributed by atoms with Crippen LogP contribution in [0.4, 0.5) is 5.69 Å². The zero-order chi connectivity index (χ0) is 18.6. The van der Waals surface area contributed by atoms with E-state index >= 15 is 0 Å². The Labute approximate surface area is 157 Å². The van der Waals surface area contributed by atoms with E-state index in [9.17, 15) is 5.11 Å². The number of hydrogen-bond donors (Lipinski definition) is 2. The summed E-state index contributed by atoms with van der Waals surface area (Å²) < 4.78 is 11.2. The zero-order valence-corrected chi connectivity index (χ0v) is 16.3. The summed E-state index contributed by atoms with van der Waals surface area (Å²) in [6.07, 6.45) is 0. The third kappa shape index (κ3) is 4.21. The van der Waals surface area contributed by atoms with Crippen molar-refractivity contribution in [3.05, 3.63) is 29.8 Å². The Morgan fingerprint density at radius 1 is 1.31 bits per heavy atom. The highest BCUT2D eigenvalue weighted by atomic mass is 16.5. The normalized spacial score (nSPS) is 28.9. The minimum atomic E-state index is -0.367. The molecule has 2 heterocycles. The number of ether oxygens (including phenoxy) is 2. The van der Waals surface area contributed by atoms with Crippen molar-refractivity contribution in [3.8, 4) is 0 Å². The smallest absolute Gasteiger partial charge is 0.0802 e. The van der Waals surface area contributed by atoms with Crippen LogP contribution in [0, 0.1) is 0 Å². The molecule has 1 aromatic rings. The van der Waals surface area contributed by atoms with Gasteiger partial charge < -0.3 is 24.8 Å². The molecule has 6 nitrogen and oxygen atoms in total. The molecule has 1 unspecified atom stereocenters. The highest BCUT2D eigenvalue weighted by molar-refractivity contribution is 5.49. The molecule has 2 N–H and O–H groups in total. The highest BCUT2D eigenvalue weighted by Crippen LogP contribution is 2.25. The molecule has 2 saturated heterocycles. The number of morpholine rings is 2. The number of nitrogens with one attached hydrogen (secondary N) is 1. The second kappa shape index (κ2) is 8.67. The average Bonchev–Trinajstić information content (AvgIpc) is 2.70. The molecule has 3 atom stereocenters. The van der Waals surface area contributed by atoms with E-state index in [2.05, 4.69) is 60.3 Å². The summed E-state index contributed by atoms with van der Waals surface area (Å²) in [6.45, 7) is 9.83. The summed E-state index contributed by atoms with van der Waals surface area (Å²) in [6, 6.07) is 9.22. The standard InChI is InChI=1S/C20H33N3O3/c1-16-12-26-15-20(14-24,22(16)3)13-21-17(2)18-5-4-6-19(11-18)23-7-9-25-10-8-23/h4-6,11,16-17,21,24H,7-10,12-15H2,1-3H3/t16-,17?,20+/m1/s1. The van der Waals surface area contributed by atoms with Crippen LogP contribution in [0.1, 0.15) is 25.5 Å². The van der Waals surface area contributed by atoms with Gasteiger partial charge in [-0.1, -0.05) is 12.1 Å². The zero-order valence-electron chi connectivity index (χ0n) is 16.3. The summed E-state index contributed by atoms with van der Waals surface area (Å²) in [5, 5.41) is 13.7. The molecule has 2 aliphatic rings. The molecule has 26 heavy (non-hydrogen) atoms. The summed E-state index contributed by atoms with van der Waals surface area (Å²) in [7, 11) is 2.08. The van der Waals surface area contributed by atoms with Crippen LogP contribution in [0.15, 0.2) is 24.3 Å². The molecule has 0 amide bonds. The fraction of sp³-hybridized carbons (Fsp3) is 0.700. The molecule has 6 heteroatoms. The quantitative estimate of drug-likeness (QED) is 0.794. The van der Waals surface area contributed by atoms with Gasteiger partial charge in [0.15, 0.2) is 0 Å². The highest BCUT2D eigenvalue weighted by Gasteiger charge is 2.40. The molecule has 0 aliphatic carbocycles. The first-order valence-electron chi connectivity index (χ1n) is 9.63. The van der Waals surface area contributed by atoms with Gasteiger partial charge in [0.2, 0.25) is 0 Å². The van der Waals surface area contributed by atoms with Crippen LogP contribution in [-0.2, 0) is 9.47 Å². The SMILES string of the molecule is CC(NC[C@]1(CO)COC[C@@H](C)N1C)c1cccc(N2CCOCC2)c1. The Kier molecular flexibility index (Phi) is 6.53. The van der Waals surface area contributed by atoms with Gasteiger partial charge in [0.1, 0.15) is 0 Å². The molecule has 0 bridgehead atoms. The predicted octanol–water partition coefficient (Wildman–Crippen LogP) is 1.26. The number of likely N-dealkylation sites (N-methyl/N-ethyl adjacent to an activating group) is 1. The van der Waals surface area contributed by atoms with Crippen LogP contribution in [0.25, 0.3) is 0 Å². The van der Waals surface area contributed by atoms with Crippen LogP contribution >= 0.6 is 0 Å². The van der Waals surface area contributed by atoms with Gasteiger partial charge in [-0.15, -0.1) is 0 Å². The number of nitrogens with zero attached hydrogens (tertiary/aromatic N) is 2. The van der Waals surface area contributed by atoms with Crippen molar-refractivity contribution < 1.29 is 14.6 Å². The predicted molar refractivity (Wildman–Crippen MR) is 104 cm³/mol. The summed E-state index contributed by atoms with van der Waals surface area (Å²) in [4.78, 5) is 4.62. The van der Waals surface area contributed by atoms with E-state index in [1.54, 1.807) is 0 Å². The second-order valence-corrected chi connectivity index (χ2v) is 7.65. The fourth-order valence-corrected chi connectivity index (χ4v) is 3.76. The Hall–Kier alpha value is -1.18. The first-order valence-corrected chi connectivity index (χ1v) is 9.63. The summed E-state index contributed by atoms with van der Waals surface area (Å²) in [5.41, 5.74) is 2.14. The largest absolute Gasteiger partial charge is 0.394 e. The molecule has 0 spiro atoms. The van der Waals surface area contributed by atoms with Crippen LogP contribution in [0.2, 0.25) is 0 Å². The van der Waals surface area contributed by atoms with Gasteiger partial charge in [-0.05, 0) is 38.6 Å². The van der Waals surface area contributed by atoms with E-state index < -0.39 is 0 Å². The molecule has 2 aliphatic heterocycles. The van der Waals surface area contributed by atoms with E-state index in [1.807, 2.05) is 0 Å². The maximum Gasteiger partial charge on any atom is 0.0802 e. The fourth-order valence-electron chi connectivity index (χ4n) is 3.76. The topological polar surface area (TPSA) is 57.2 Å². The number of rotatable bonds is 6. The molecular weight excluding hydrogens is 330 g/mol. The van der Waals surface area contributed by atoms with Gasteiger partial charge >= 0.3 is 0 Å². The molecule has 0 saturated carbocycles. The van der Waals surface area contributed by atoms with Crippen molar-refractivity contribution in [1.29, 1.82) is 0 Å². The minimum absolute atomic E-state index is 0.0847. The molecule has 0 radical (unpaired) electrons. The van der Waals surface area contributed by atoms with Gasteiger partial charge in [-0.2, -0.15) is 0 Å². The molecular formula is C20H33N3O3. The Morgan fingerprint density at radius 3 is 2.81 bits per heavy atom. The van der Waals surface area contributed by atoms with E-state index in [4.69, 9.17) is 9.47 Å². The monoisotopic (exact) mass is 363 g/mol. The summed E-state index contributed by atoms with van der Waals surface area (Å²) in [5.74, 6) is 0. The van der Waals surface area contributed by atoms with Crippen LogP contribution in [0.5, 0.6) is 0 Å². The molecule has 3 rings (SSSR count). The second-order valence-electron chi connectivity index (χ2n) is 7.65. The third-order valence-electron chi connectivity index (χ3n) is 5.92. The molecule has 146 valence electrons. The number of aliphatic hydroxyl groups is 1. The minimum Gasteiger partial charge on any atom is -0.394 e. The lowest BCUT2D eigenvalue weighted by atomic mass is 9.95. The van der Waals surface area contributed by atoms with Crippen molar-refractivity contribution in [2.75, 3.05) is 64.6 Å². The van der Waals surface area contributed by atoms with Gasteiger partial charge in [-0.3, -0.25) is 4.90 Å². The van der Waals surface area contributed by atoms with Crippen molar-refractivity contribution in [2.45, 2.75) is 31.5 Å². The number of benzene rings is 1. The number of hydrogen-bond acceptors (Lipinski definition) is 6. The van der Waals surface area contributed by atoms with E-state index in [0.717, 1.165) is 32.9 Å². The lowest BCUT2D eigenvalue weighted by Gasteiger charge is -2.47. The van der Waals surface area contributed by atoms with Crippen molar-refractivity contribution in [1.82, 2.24) is 10.2 Å². The van der Waals surface area contributed by atoms with Crippen LogP contribution in [-0.4, -0.2) is 81.3 Å². The third-order valence-corrected chi connectivity index (χ3v) is 5.92. The maximum atomic E-state index is 10.0. The van der Waals surface area contributed by atoms with Crippen molar-refractivity contribution >= 4 is 5.69 Å². The Balaban J connectivity index is 1.65. The summed E-state index contributed by atoms with van der Waals surface area (Å²) >= 11 is 0.